The second-order valence-corrected chi connectivity index (χ2v) is 6.96. The van der Waals surface area contributed by atoms with Crippen LogP contribution >= 0.6 is 11.3 Å². The summed E-state index contributed by atoms with van der Waals surface area (Å²) in [6.07, 6.45) is 4.92. The van der Waals surface area contributed by atoms with Crippen LogP contribution in [0.15, 0.2) is 30.3 Å². The number of thiophene rings is 1. The lowest BCUT2D eigenvalue weighted by Gasteiger charge is -2.25. The van der Waals surface area contributed by atoms with E-state index in [2.05, 4.69) is 31.2 Å². The SMILES string of the molecule is Cc1ccc(C(C)(O)c2ccc3c(c2)CCCC3)s1. The fraction of sp³-hybridized carbons (Fsp3) is 0.412. The Hall–Kier alpha value is -1.12. The fourth-order valence-electron chi connectivity index (χ4n) is 2.87. The molecule has 0 fully saturated rings. The molecular weight excluding hydrogens is 252 g/mol. The van der Waals surface area contributed by atoms with Crippen LogP contribution in [0.2, 0.25) is 0 Å². The maximum absolute atomic E-state index is 10.9. The highest BCUT2D eigenvalue weighted by atomic mass is 32.1. The Kier molecular flexibility index (Phi) is 3.23. The van der Waals surface area contributed by atoms with Crippen molar-refractivity contribution >= 4 is 11.3 Å². The minimum atomic E-state index is -0.870. The third kappa shape index (κ3) is 2.35. The molecule has 1 aliphatic carbocycles. The fourth-order valence-corrected chi connectivity index (χ4v) is 3.81. The molecule has 1 aliphatic rings. The van der Waals surface area contributed by atoms with Gasteiger partial charge in [0, 0.05) is 9.75 Å². The van der Waals surface area contributed by atoms with Crippen molar-refractivity contribution in [3.8, 4) is 0 Å². The smallest absolute Gasteiger partial charge is 0.121 e. The van der Waals surface area contributed by atoms with E-state index in [9.17, 15) is 5.11 Å². The Balaban J connectivity index is 2.01. The van der Waals surface area contributed by atoms with Crippen molar-refractivity contribution in [3.63, 3.8) is 0 Å². The van der Waals surface area contributed by atoms with Gasteiger partial charge in [0.2, 0.25) is 0 Å². The summed E-state index contributed by atoms with van der Waals surface area (Å²) < 4.78 is 0. The number of hydrogen-bond acceptors (Lipinski definition) is 2. The molecule has 0 spiro atoms. The molecule has 1 aromatic heterocycles. The largest absolute Gasteiger partial charge is 0.380 e. The summed E-state index contributed by atoms with van der Waals surface area (Å²) in [5.41, 5.74) is 3.05. The predicted molar refractivity (Wildman–Crippen MR) is 80.8 cm³/mol. The molecule has 0 amide bonds. The molecular formula is C17H20OS. The van der Waals surface area contributed by atoms with E-state index in [4.69, 9.17) is 0 Å². The van der Waals surface area contributed by atoms with Crippen molar-refractivity contribution in [2.75, 3.05) is 0 Å². The summed E-state index contributed by atoms with van der Waals surface area (Å²) in [6, 6.07) is 10.6. The average Bonchev–Trinajstić information content (AvgIpc) is 2.85. The van der Waals surface area contributed by atoms with Gasteiger partial charge in [0.05, 0.1) is 0 Å². The topological polar surface area (TPSA) is 20.2 Å². The quantitative estimate of drug-likeness (QED) is 0.869. The van der Waals surface area contributed by atoms with Gasteiger partial charge in [-0.2, -0.15) is 0 Å². The lowest BCUT2D eigenvalue weighted by Crippen LogP contribution is -2.22. The van der Waals surface area contributed by atoms with E-state index in [1.54, 1.807) is 11.3 Å². The Labute approximate surface area is 118 Å². The van der Waals surface area contributed by atoms with Gasteiger partial charge in [0.25, 0.3) is 0 Å². The van der Waals surface area contributed by atoms with Gasteiger partial charge in [-0.05, 0) is 68.4 Å². The van der Waals surface area contributed by atoms with Gasteiger partial charge in [0.1, 0.15) is 5.60 Å². The lowest BCUT2D eigenvalue weighted by molar-refractivity contribution is 0.106. The molecule has 2 heteroatoms. The van der Waals surface area contributed by atoms with Crippen LogP contribution in [-0.4, -0.2) is 5.11 Å². The van der Waals surface area contributed by atoms with Crippen molar-refractivity contribution in [1.29, 1.82) is 0 Å². The third-order valence-corrected chi connectivity index (χ3v) is 5.34. The second kappa shape index (κ2) is 4.77. The number of benzene rings is 1. The van der Waals surface area contributed by atoms with Gasteiger partial charge in [-0.25, -0.2) is 0 Å². The van der Waals surface area contributed by atoms with Crippen LogP contribution in [0.1, 0.15) is 46.2 Å². The van der Waals surface area contributed by atoms with E-state index >= 15 is 0 Å². The van der Waals surface area contributed by atoms with Gasteiger partial charge in [-0.15, -0.1) is 11.3 Å². The summed E-state index contributed by atoms with van der Waals surface area (Å²) >= 11 is 1.68. The second-order valence-electron chi connectivity index (χ2n) is 5.67. The molecule has 2 aromatic rings. The monoisotopic (exact) mass is 272 g/mol. The molecule has 1 aromatic carbocycles. The first-order chi connectivity index (χ1) is 9.07. The standard InChI is InChI=1S/C17H20OS/c1-12-7-10-16(19-12)17(2,18)15-9-8-13-5-3-4-6-14(13)11-15/h7-11,18H,3-6H2,1-2H3. The number of rotatable bonds is 2. The molecule has 1 heterocycles. The Bertz CT molecular complexity index is 595. The van der Waals surface area contributed by atoms with E-state index in [0.29, 0.717) is 0 Å². The van der Waals surface area contributed by atoms with Gasteiger partial charge in [0.15, 0.2) is 0 Å². The summed E-state index contributed by atoms with van der Waals surface area (Å²) in [6.45, 7) is 3.99. The molecule has 1 unspecified atom stereocenters. The van der Waals surface area contributed by atoms with Crippen molar-refractivity contribution in [2.24, 2.45) is 0 Å². The minimum absolute atomic E-state index is 0.870. The first-order valence-electron chi connectivity index (χ1n) is 6.99. The highest BCUT2D eigenvalue weighted by molar-refractivity contribution is 7.12. The summed E-state index contributed by atoms with van der Waals surface area (Å²) in [7, 11) is 0. The normalized spacial score (nSPS) is 17.8. The number of hydrogen-bond donors (Lipinski definition) is 1. The molecule has 0 bridgehead atoms. The van der Waals surface area contributed by atoms with Crippen LogP contribution in [0.3, 0.4) is 0 Å². The maximum Gasteiger partial charge on any atom is 0.121 e. The van der Waals surface area contributed by atoms with E-state index in [1.807, 2.05) is 13.0 Å². The van der Waals surface area contributed by atoms with Crippen molar-refractivity contribution in [1.82, 2.24) is 0 Å². The van der Waals surface area contributed by atoms with E-state index in [0.717, 1.165) is 16.9 Å². The Morgan fingerprint density at radius 1 is 1.05 bits per heavy atom. The number of aliphatic hydroxyl groups is 1. The van der Waals surface area contributed by atoms with Crippen LogP contribution in [0.4, 0.5) is 0 Å². The lowest BCUT2D eigenvalue weighted by atomic mass is 9.86. The van der Waals surface area contributed by atoms with Gasteiger partial charge < -0.3 is 5.11 Å². The van der Waals surface area contributed by atoms with Crippen molar-refractivity contribution in [3.05, 3.63) is 56.8 Å². The van der Waals surface area contributed by atoms with Crippen LogP contribution in [0, 0.1) is 6.92 Å². The predicted octanol–water partition coefficient (Wildman–Crippen LogP) is 4.19. The zero-order valence-electron chi connectivity index (χ0n) is 11.6. The number of aryl methyl sites for hydroxylation is 3. The highest BCUT2D eigenvalue weighted by Gasteiger charge is 2.28. The van der Waals surface area contributed by atoms with Crippen LogP contribution in [0.5, 0.6) is 0 Å². The molecule has 100 valence electrons. The molecule has 3 rings (SSSR count). The zero-order valence-corrected chi connectivity index (χ0v) is 12.4. The molecule has 1 N–H and O–H groups in total. The van der Waals surface area contributed by atoms with Crippen molar-refractivity contribution in [2.45, 2.75) is 45.1 Å². The zero-order chi connectivity index (χ0) is 13.5. The summed E-state index contributed by atoms with van der Waals surface area (Å²) in [5.74, 6) is 0. The highest BCUT2D eigenvalue weighted by Crippen LogP contribution is 2.35. The molecule has 1 nitrogen and oxygen atoms in total. The summed E-state index contributed by atoms with van der Waals surface area (Å²) in [4.78, 5) is 2.27. The van der Waals surface area contributed by atoms with Gasteiger partial charge in [-0.3, -0.25) is 0 Å². The molecule has 0 saturated heterocycles. The Morgan fingerprint density at radius 2 is 1.79 bits per heavy atom. The van der Waals surface area contributed by atoms with Crippen molar-refractivity contribution < 1.29 is 5.11 Å². The first-order valence-corrected chi connectivity index (χ1v) is 7.80. The number of fused-ring (bicyclic) bond motifs is 1. The molecule has 19 heavy (non-hydrogen) atoms. The Morgan fingerprint density at radius 3 is 2.47 bits per heavy atom. The first kappa shape index (κ1) is 12.9. The van der Waals surface area contributed by atoms with Crippen LogP contribution in [-0.2, 0) is 18.4 Å². The van der Waals surface area contributed by atoms with E-state index in [-0.39, 0.29) is 0 Å². The van der Waals surface area contributed by atoms with Crippen LogP contribution < -0.4 is 0 Å². The average molecular weight is 272 g/mol. The molecule has 0 radical (unpaired) electrons. The van der Waals surface area contributed by atoms with E-state index in [1.165, 1.54) is 35.3 Å². The maximum atomic E-state index is 10.9. The van der Waals surface area contributed by atoms with Gasteiger partial charge >= 0.3 is 0 Å². The third-order valence-electron chi connectivity index (χ3n) is 4.13. The molecule has 0 aliphatic heterocycles. The minimum Gasteiger partial charge on any atom is -0.380 e. The summed E-state index contributed by atoms with van der Waals surface area (Å²) in [5, 5.41) is 10.9. The van der Waals surface area contributed by atoms with Gasteiger partial charge in [-0.1, -0.05) is 18.2 Å². The van der Waals surface area contributed by atoms with E-state index < -0.39 is 5.60 Å². The molecule has 1 atom stereocenters. The molecule has 0 saturated carbocycles. The van der Waals surface area contributed by atoms with Crippen LogP contribution in [0.25, 0.3) is 0 Å².